The molecule has 0 unspecified atom stereocenters. The van der Waals surface area contributed by atoms with Crippen LogP contribution in [0.3, 0.4) is 0 Å². The molecule has 0 spiro atoms. The van der Waals surface area contributed by atoms with E-state index in [4.69, 9.17) is 5.11 Å². The number of anilines is 1. The average Bonchev–Trinajstić information content (AvgIpc) is 3.14. The molecule has 1 aromatic heterocycles. The summed E-state index contributed by atoms with van der Waals surface area (Å²) >= 11 is 0. The van der Waals surface area contributed by atoms with E-state index in [1.165, 1.54) is 6.07 Å². The van der Waals surface area contributed by atoms with Crippen LogP contribution >= 0.6 is 0 Å². The highest BCUT2D eigenvalue weighted by atomic mass is 16.6. The number of rotatable bonds is 7. The molecular formula is C18H18N4O3. The number of nitro benzene ring substituents is 1. The van der Waals surface area contributed by atoms with Crippen molar-refractivity contribution in [1.82, 2.24) is 9.78 Å². The molecule has 128 valence electrons. The van der Waals surface area contributed by atoms with E-state index in [0.29, 0.717) is 24.3 Å². The van der Waals surface area contributed by atoms with E-state index < -0.39 is 4.92 Å². The predicted octanol–water partition coefficient (Wildman–Crippen LogP) is 2.94. The van der Waals surface area contributed by atoms with Crippen LogP contribution in [0.2, 0.25) is 0 Å². The summed E-state index contributed by atoms with van der Waals surface area (Å²) in [6.45, 7) is 0.953. The molecule has 0 aliphatic heterocycles. The molecule has 3 aromatic rings. The zero-order valence-electron chi connectivity index (χ0n) is 13.5. The molecule has 0 amide bonds. The van der Waals surface area contributed by atoms with Gasteiger partial charge >= 0.3 is 0 Å². The summed E-state index contributed by atoms with van der Waals surface area (Å²) in [5.74, 6) is 0. The first-order chi connectivity index (χ1) is 12.2. The predicted molar refractivity (Wildman–Crippen MR) is 94.1 cm³/mol. The lowest BCUT2D eigenvalue weighted by atomic mass is 10.1. The Balaban J connectivity index is 1.66. The number of aliphatic hydroxyl groups excluding tert-OH is 1. The third-order valence-electron chi connectivity index (χ3n) is 3.85. The Labute approximate surface area is 144 Å². The van der Waals surface area contributed by atoms with Crippen LogP contribution in [0.1, 0.15) is 16.7 Å². The molecule has 2 N–H and O–H groups in total. The summed E-state index contributed by atoms with van der Waals surface area (Å²) in [7, 11) is 0. The second kappa shape index (κ2) is 7.59. The number of hydrogen-bond donors (Lipinski definition) is 2. The lowest BCUT2D eigenvalue weighted by molar-refractivity contribution is -0.384. The maximum Gasteiger partial charge on any atom is 0.292 e. The van der Waals surface area contributed by atoms with E-state index in [2.05, 4.69) is 10.4 Å². The van der Waals surface area contributed by atoms with Crippen LogP contribution in [0.5, 0.6) is 0 Å². The van der Waals surface area contributed by atoms with Crippen LogP contribution in [-0.4, -0.2) is 19.8 Å². The van der Waals surface area contributed by atoms with Crippen LogP contribution in [0.15, 0.2) is 60.9 Å². The minimum Gasteiger partial charge on any atom is -0.392 e. The van der Waals surface area contributed by atoms with Crippen molar-refractivity contribution in [3.63, 3.8) is 0 Å². The van der Waals surface area contributed by atoms with Crippen molar-refractivity contribution in [2.24, 2.45) is 0 Å². The number of aromatic nitrogens is 2. The van der Waals surface area contributed by atoms with Crippen LogP contribution < -0.4 is 5.32 Å². The minimum absolute atomic E-state index is 0.0400. The first kappa shape index (κ1) is 16.7. The quantitative estimate of drug-likeness (QED) is 0.510. The molecule has 0 radical (unpaired) electrons. The van der Waals surface area contributed by atoms with E-state index in [9.17, 15) is 10.1 Å². The van der Waals surface area contributed by atoms with Gasteiger partial charge in [-0.1, -0.05) is 30.3 Å². The van der Waals surface area contributed by atoms with Crippen molar-refractivity contribution < 1.29 is 10.0 Å². The Hall–Kier alpha value is -3.19. The van der Waals surface area contributed by atoms with Gasteiger partial charge in [0, 0.05) is 25.0 Å². The molecule has 1 heterocycles. The van der Waals surface area contributed by atoms with Crippen molar-refractivity contribution in [2.75, 3.05) is 5.32 Å². The van der Waals surface area contributed by atoms with E-state index in [1.54, 1.807) is 18.3 Å². The number of nitrogens with one attached hydrogen (secondary N) is 1. The molecule has 25 heavy (non-hydrogen) atoms. The van der Waals surface area contributed by atoms with Gasteiger partial charge in [0.1, 0.15) is 5.69 Å². The number of benzene rings is 2. The Morgan fingerprint density at radius 2 is 1.84 bits per heavy atom. The lowest BCUT2D eigenvalue weighted by Crippen LogP contribution is -2.04. The zero-order chi connectivity index (χ0) is 17.6. The van der Waals surface area contributed by atoms with Crippen LogP contribution in [0.4, 0.5) is 11.4 Å². The monoisotopic (exact) mass is 338 g/mol. The summed E-state index contributed by atoms with van der Waals surface area (Å²) < 4.78 is 1.85. The van der Waals surface area contributed by atoms with Crippen molar-refractivity contribution in [1.29, 1.82) is 0 Å². The topological polar surface area (TPSA) is 93.2 Å². The van der Waals surface area contributed by atoms with E-state index >= 15 is 0 Å². The molecule has 0 atom stereocenters. The molecule has 3 rings (SSSR count). The highest BCUT2D eigenvalue weighted by molar-refractivity contribution is 5.62. The molecule has 0 aliphatic rings. The number of hydrogen-bond acceptors (Lipinski definition) is 5. The molecular weight excluding hydrogens is 320 g/mol. The van der Waals surface area contributed by atoms with Gasteiger partial charge in [-0.05, 0) is 28.8 Å². The summed E-state index contributed by atoms with van der Waals surface area (Å²) in [5, 5.41) is 27.5. The Bertz CT molecular complexity index is 845. The van der Waals surface area contributed by atoms with Gasteiger partial charge in [0.25, 0.3) is 5.69 Å². The van der Waals surface area contributed by atoms with E-state index in [1.807, 2.05) is 41.2 Å². The fraction of sp³-hybridized carbons (Fsp3) is 0.167. The summed E-state index contributed by atoms with van der Waals surface area (Å²) in [6.07, 6.45) is 3.65. The van der Waals surface area contributed by atoms with Gasteiger partial charge in [-0.15, -0.1) is 0 Å². The number of aliphatic hydroxyl groups is 1. The van der Waals surface area contributed by atoms with Crippen molar-refractivity contribution in [2.45, 2.75) is 19.7 Å². The summed E-state index contributed by atoms with van der Waals surface area (Å²) in [4.78, 5) is 10.7. The maximum atomic E-state index is 11.2. The third-order valence-corrected chi connectivity index (χ3v) is 3.85. The Kier molecular flexibility index (Phi) is 5.06. The standard InChI is InChI=1S/C18H18N4O3/c23-13-16-6-7-17(18(10-16)22(24)25)19-11-14-2-4-15(5-3-14)12-21-9-1-8-20-21/h1-10,19,23H,11-13H2. The van der Waals surface area contributed by atoms with Gasteiger partial charge in [0.15, 0.2) is 0 Å². The Morgan fingerprint density at radius 3 is 2.48 bits per heavy atom. The molecule has 7 heteroatoms. The smallest absolute Gasteiger partial charge is 0.292 e. The molecule has 0 saturated carbocycles. The highest BCUT2D eigenvalue weighted by Crippen LogP contribution is 2.26. The second-order valence-electron chi connectivity index (χ2n) is 5.64. The van der Waals surface area contributed by atoms with Crippen molar-refractivity contribution in [3.05, 3.63) is 87.7 Å². The normalized spacial score (nSPS) is 10.6. The largest absolute Gasteiger partial charge is 0.392 e. The molecule has 0 bridgehead atoms. The van der Waals surface area contributed by atoms with E-state index in [0.717, 1.165) is 11.1 Å². The molecule has 7 nitrogen and oxygen atoms in total. The Morgan fingerprint density at radius 1 is 1.12 bits per heavy atom. The molecule has 0 aliphatic carbocycles. The third kappa shape index (κ3) is 4.21. The first-order valence-electron chi connectivity index (χ1n) is 7.83. The molecule has 0 saturated heterocycles. The maximum absolute atomic E-state index is 11.2. The van der Waals surface area contributed by atoms with Gasteiger partial charge < -0.3 is 10.4 Å². The average molecular weight is 338 g/mol. The molecule has 2 aromatic carbocycles. The fourth-order valence-electron chi connectivity index (χ4n) is 2.52. The lowest BCUT2D eigenvalue weighted by Gasteiger charge is -2.09. The van der Waals surface area contributed by atoms with Gasteiger partial charge in [0.05, 0.1) is 18.1 Å². The van der Waals surface area contributed by atoms with Gasteiger partial charge in [0.2, 0.25) is 0 Å². The SMILES string of the molecule is O=[N+]([O-])c1cc(CO)ccc1NCc1ccc(Cn2cccn2)cc1. The number of nitro groups is 1. The van der Waals surface area contributed by atoms with E-state index in [-0.39, 0.29) is 12.3 Å². The first-order valence-corrected chi connectivity index (χ1v) is 7.83. The molecule has 0 fully saturated rings. The second-order valence-corrected chi connectivity index (χ2v) is 5.64. The van der Waals surface area contributed by atoms with Crippen LogP contribution in [0.25, 0.3) is 0 Å². The fourth-order valence-corrected chi connectivity index (χ4v) is 2.52. The van der Waals surface area contributed by atoms with Crippen LogP contribution in [-0.2, 0) is 19.7 Å². The number of nitrogens with zero attached hydrogens (tertiary/aromatic N) is 3. The summed E-state index contributed by atoms with van der Waals surface area (Å²) in [6, 6.07) is 14.6. The van der Waals surface area contributed by atoms with Crippen LogP contribution in [0, 0.1) is 10.1 Å². The van der Waals surface area contributed by atoms with Gasteiger partial charge in [-0.25, -0.2) is 0 Å². The van der Waals surface area contributed by atoms with Crippen molar-refractivity contribution >= 4 is 11.4 Å². The van der Waals surface area contributed by atoms with Crippen molar-refractivity contribution in [3.8, 4) is 0 Å². The zero-order valence-corrected chi connectivity index (χ0v) is 13.5. The minimum atomic E-state index is -0.450. The highest BCUT2D eigenvalue weighted by Gasteiger charge is 2.14. The van der Waals surface area contributed by atoms with Gasteiger partial charge in [-0.2, -0.15) is 5.10 Å². The van der Waals surface area contributed by atoms with Gasteiger partial charge in [-0.3, -0.25) is 14.8 Å². The summed E-state index contributed by atoms with van der Waals surface area (Å²) in [5.41, 5.74) is 3.06.